The molecule has 2 aromatic rings. The van der Waals surface area contributed by atoms with Gasteiger partial charge in [0.2, 0.25) is 5.56 Å². The molecule has 3 rings (SSSR count). The molecule has 126 valence electrons. The number of pyridine rings is 1. The number of H-pyrrole nitrogens is 1. The number of nitrogens with one attached hydrogen (secondary N) is 1. The summed E-state index contributed by atoms with van der Waals surface area (Å²) < 4.78 is 25.1. The van der Waals surface area contributed by atoms with Crippen LogP contribution in [0.1, 0.15) is 27.6 Å². The molecule has 0 bridgehead atoms. The van der Waals surface area contributed by atoms with Gasteiger partial charge in [-0.3, -0.25) is 9.59 Å². The number of amides is 1. The van der Waals surface area contributed by atoms with E-state index < -0.39 is 15.1 Å². The van der Waals surface area contributed by atoms with Crippen LogP contribution in [0.3, 0.4) is 0 Å². The van der Waals surface area contributed by atoms with E-state index in [1.54, 1.807) is 0 Å². The lowest BCUT2D eigenvalue weighted by molar-refractivity contribution is 0.0766. The first kappa shape index (κ1) is 16.4. The Kier molecular flexibility index (Phi) is 4.53. The van der Waals surface area contributed by atoms with Crippen molar-refractivity contribution in [1.82, 2.24) is 9.88 Å². The third-order valence-corrected chi connectivity index (χ3v) is 6.36. The molecule has 1 aliphatic rings. The highest BCUT2D eigenvalue weighted by Gasteiger charge is 2.32. The monoisotopic (exact) mass is 346 g/mol. The van der Waals surface area contributed by atoms with Gasteiger partial charge in [0.05, 0.1) is 16.6 Å². The van der Waals surface area contributed by atoms with Crippen molar-refractivity contribution in [2.75, 3.05) is 18.8 Å². The number of sulfone groups is 1. The van der Waals surface area contributed by atoms with Crippen LogP contribution in [0.4, 0.5) is 0 Å². The van der Waals surface area contributed by atoms with Crippen LogP contribution in [0.15, 0.2) is 53.5 Å². The minimum atomic E-state index is -3.32. The topological polar surface area (TPSA) is 87.3 Å². The van der Waals surface area contributed by atoms with E-state index in [2.05, 4.69) is 4.98 Å². The zero-order chi connectivity index (χ0) is 17.2. The number of hydrogen-bond acceptors (Lipinski definition) is 4. The molecule has 1 unspecified atom stereocenters. The van der Waals surface area contributed by atoms with Gasteiger partial charge in [0, 0.05) is 25.4 Å². The molecule has 1 N–H and O–H groups in total. The van der Waals surface area contributed by atoms with E-state index in [9.17, 15) is 18.0 Å². The molecule has 1 aromatic heterocycles. The first-order valence-electron chi connectivity index (χ1n) is 7.72. The van der Waals surface area contributed by atoms with Crippen LogP contribution < -0.4 is 5.56 Å². The number of carbonyl (C=O) groups excluding carboxylic acids is 1. The number of rotatable bonds is 2. The Morgan fingerprint density at radius 2 is 1.83 bits per heavy atom. The summed E-state index contributed by atoms with van der Waals surface area (Å²) in [6.45, 7) is 0.514. The van der Waals surface area contributed by atoms with Gasteiger partial charge >= 0.3 is 0 Å². The van der Waals surface area contributed by atoms with Gasteiger partial charge in [0.1, 0.15) is 0 Å². The molecule has 1 saturated heterocycles. The van der Waals surface area contributed by atoms with Gasteiger partial charge in [-0.05, 0) is 18.1 Å². The summed E-state index contributed by atoms with van der Waals surface area (Å²) in [6, 6.07) is 11.8. The number of aromatic nitrogens is 1. The molecule has 0 aliphatic carbocycles. The molecule has 1 atom stereocenters. The van der Waals surface area contributed by atoms with Gasteiger partial charge in [0.25, 0.3) is 5.91 Å². The molecular formula is C17H18N2O4S. The van der Waals surface area contributed by atoms with Crippen molar-refractivity contribution in [1.29, 1.82) is 0 Å². The zero-order valence-corrected chi connectivity index (χ0v) is 13.8. The van der Waals surface area contributed by atoms with E-state index in [1.807, 2.05) is 30.3 Å². The molecule has 1 aromatic carbocycles. The SMILES string of the molecule is O=C(c1ccc(=O)[nH]c1)N1CCC(c2ccccc2)S(=O)(=O)CC1. The van der Waals surface area contributed by atoms with Gasteiger partial charge in [-0.1, -0.05) is 30.3 Å². The number of hydrogen-bond donors (Lipinski definition) is 1. The molecule has 1 aliphatic heterocycles. The van der Waals surface area contributed by atoms with Crippen LogP contribution in [0.5, 0.6) is 0 Å². The van der Waals surface area contributed by atoms with E-state index in [-0.39, 0.29) is 23.8 Å². The molecule has 0 saturated carbocycles. The van der Waals surface area contributed by atoms with Crippen LogP contribution in [0.25, 0.3) is 0 Å². The first-order chi connectivity index (χ1) is 11.5. The maximum atomic E-state index is 12.6. The standard InChI is InChI=1S/C17H18N2O4S/c20-16-7-6-14(12-18-16)17(21)19-9-8-15(24(22,23)11-10-19)13-4-2-1-3-5-13/h1-7,12,15H,8-11H2,(H,18,20). The van der Waals surface area contributed by atoms with E-state index in [0.717, 1.165) is 5.56 Å². The Morgan fingerprint density at radius 1 is 1.08 bits per heavy atom. The Hall–Kier alpha value is -2.41. The fourth-order valence-electron chi connectivity index (χ4n) is 2.92. The van der Waals surface area contributed by atoms with Crippen molar-refractivity contribution in [3.05, 3.63) is 70.1 Å². The van der Waals surface area contributed by atoms with Crippen molar-refractivity contribution in [3.8, 4) is 0 Å². The van der Waals surface area contributed by atoms with E-state index >= 15 is 0 Å². The highest BCUT2D eigenvalue weighted by molar-refractivity contribution is 7.91. The molecule has 1 amide bonds. The Morgan fingerprint density at radius 3 is 2.50 bits per heavy atom. The van der Waals surface area contributed by atoms with Crippen molar-refractivity contribution >= 4 is 15.7 Å². The van der Waals surface area contributed by atoms with Crippen molar-refractivity contribution in [2.24, 2.45) is 0 Å². The smallest absolute Gasteiger partial charge is 0.255 e. The molecule has 0 radical (unpaired) electrons. The third-order valence-electron chi connectivity index (χ3n) is 4.23. The zero-order valence-electron chi connectivity index (χ0n) is 13.0. The number of aromatic amines is 1. The van der Waals surface area contributed by atoms with E-state index in [4.69, 9.17) is 0 Å². The van der Waals surface area contributed by atoms with Crippen LogP contribution in [0.2, 0.25) is 0 Å². The maximum Gasteiger partial charge on any atom is 0.255 e. The highest BCUT2D eigenvalue weighted by atomic mass is 32.2. The molecule has 6 nitrogen and oxygen atoms in total. The normalized spacial score (nSPS) is 20.3. The van der Waals surface area contributed by atoms with Crippen LogP contribution in [0, 0.1) is 0 Å². The lowest BCUT2D eigenvalue weighted by Gasteiger charge is -2.19. The predicted octanol–water partition coefficient (Wildman–Crippen LogP) is 1.38. The predicted molar refractivity (Wildman–Crippen MR) is 90.6 cm³/mol. The van der Waals surface area contributed by atoms with Gasteiger partial charge in [-0.2, -0.15) is 0 Å². The Bertz CT molecular complexity index is 870. The largest absolute Gasteiger partial charge is 0.338 e. The molecule has 7 heteroatoms. The van der Waals surface area contributed by atoms with Crippen LogP contribution >= 0.6 is 0 Å². The van der Waals surface area contributed by atoms with Gasteiger partial charge in [-0.15, -0.1) is 0 Å². The third kappa shape index (κ3) is 3.41. The second kappa shape index (κ2) is 6.60. The number of carbonyl (C=O) groups is 1. The van der Waals surface area contributed by atoms with Crippen molar-refractivity contribution in [3.63, 3.8) is 0 Å². The summed E-state index contributed by atoms with van der Waals surface area (Å²) in [5, 5.41) is -0.591. The van der Waals surface area contributed by atoms with Crippen molar-refractivity contribution in [2.45, 2.75) is 11.7 Å². The lowest BCUT2D eigenvalue weighted by atomic mass is 10.1. The Balaban J connectivity index is 1.82. The summed E-state index contributed by atoms with van der Waals surface area (Å²) >= 11 is 0. The second-order valence-electron chi connectivity index (χ2n) is 5.79. The molecule has 1 fully saturated rings. The average molecular weight is 346 g/mol. The van der Waals surface area contributed by atoms with Gasteiger partial charge < -0.3 is 9.88 Å². The van der Waals surface area contributed by atoms with Crippen LogP contribution in [-0.4, -0.2) is 43.1 Å². The minimum absolute atomic E-state index is 0.0678. The quantitative estimate of drug-likeness (QED) is 0.890. The summed E-state index contributed by atoms with van der Waals surface area (Å²) in [4.78, 5) is 27.6. The van der Waals surface area contributed by atoms with E-state index in [1.165, 1.54) is 23.2 Å². The molecule has 0 spiro atoms. The van der Waals surface area contributed by atoms with Gasteiger partial charge in [0.15, 0.2) is 9.84 Å². The fourth-order valence-corrected chi connectivity index (χ4v) is 4.71. The molecular weight excluding hydrogens is 328 g/mol. The highest BCUT2D eigenvalue weighted by Crippen LogP contribution is 2.29. The summed E-state index contributed by atoms with van der Waals surface area (Å²) in [5.74, 6) is -0.336. The molecule has 2 heterocycles. The van der Waals surface area contributed by atoms with Crippen LogP contribution in [-0.2, 0) is 9.84 Å². The first-order valence-corrected chi connectivity index (χ1v) is 9.43. The second-order valence-corrected chi connectivity index (χ2v) is 8.09. The van der Waals surface area contributed by atoms with E-state index in [0.29, 0.717) is 18.5 Å². The number of benzene rings is 1. The average Bonchev–Trinajstić information content (AvgIpc) is 2.74. The molecule has 24 heavy (non-hydrogen) atoms. The van der Waals surface area contributed by atoms with Gasteiger partial charge in [-0.25, -0.2) is 8.42 Å². The summed E-state index contributed by atoms with van der Waals surface area (Å²) in [7, 11) is -3.32. The Labute approximate surface area is 140 Å². The summed E-state index contributed by atoms with van der Waals surface area (Å²) in [6.07, 6.45) is 1.72. The lowest BCUT2D eigenvalue weighted by Crippen LogP contribution is -2.33. The number of nitrogens with zero attached hydrogens (tertiary/aromatic N) is 1. The fraction of sp³-hybridized carbons (Fsp3) is 0.294. The maximum absolute atomic E-state index is 12.6. The van der Waals surface area contributed by atoms with Crippen molar-refractivity contribution < 1.29 is 13.2 Å². The summed E-state index contributed by atoms with van der Waals surface area (Å²) in [5.41, 5.74) is 0.829. The minimum Gasteiger partial charge on any atom is -0.338 e.